The lowest BCUT2D eigenvalue weighted by Crippen LogP contribution is -2.48. The Morgan fingerprint density at radius 3 is 2.41 bits per heavy atom. The summed E-state index contributed by atoms with van der Waals surface area (Å²) in [6.45, 7) is 15.0. The molecular formula is C28H48O. The van der Waals surface area contributed by atoms with Gasteiger partial charge in [0.1, 0.15) is 0 Å². The number of allylic oxidation sites excluding steroid dienone is 2. The van der Waals surface area contributed by atoms with E-state index < -0.39 is 0 Å². The first-order valence-corrected chi connectivity index (χ1v) is 13.1. The smallest absolute Gasteiger partial charge is 0.0543 e. The van der Waals surface area contributed by atoms with Crippen LogP contribution in [0.15, 0.2) is 11.1 Å². The summed E-state index contributed by atoms with van der Waals surface area (Å²) in [5, 5.41) is 10.3. The topological polar surface area (TPSA) is 20.2 Å². The second-order valence-corrected chi connectivity index (χ2v) is 12.6. The summed E-state index contributed by atoms with van der Waals surface area (Å²) in [5.74, 6) is 5.04. The summed E-state index contributed by atoms with van der Waals surface area (Å²) in [6, 6.07) is 0. The van der Waals surface area contributed by atoms with E-state index in [4.69, 9.17) is 0 Å². The molecule has 0 amide bonds. The normalized spacial score (nSPS) is 44.3. The van der Waals surface area contributed by atoms with Crippen LogP contribution in [0.4, 0.5) is 0 Å². The predicted octanol–water partition coefficient (Wildman–Crippen LogP) is 7.78. The fourth-order valence-corrected chi connectivity index (χ4v) is 8.48. The Morgan fingerprint density at radius 2 is 1.69 bits per heavy atom. The average Bonchev–Trinajstić information content (AvgIpc) is 3.03. The molecule has 4 aliphatic rings. The van der Waals surface area contributed by atoms with Gasteiger partial charge in [0.15, 0.2) is 0 Å². The van der Waals surface area contributed by atoms with Gasteiger partial charge in [-0.2, -0.15) is 0 Å². The van der Waals surface area contributed by atoms with Crippen molar-refractivity contribution in [1.29, 1.82) is 0 Å². The Morgan fingerprint density at radius 1 is 0.931 bits per heavy atom. The minimum Gasteiger partial charge on any atom is -0.393 e. The summed E-state index contributed by atoms with van der Waals surface area (Å²) >= 11 is 0. The molecule has 0 radical (unpaired) electrons. The Bertz CT molecular complexity index is 632. The monoisotopic (exact) mass is 400 g/mol. The van der Waals surface area contributed by atoms with Crippen LogP contribution in [0.1, 0.15) is 112 Å². The Balaban J connectivity index is 1.53. The Hall–Kier alpha value is -0.300. The molecule has 4 rings (SSSR count). The molecule has 4 aliphatic carbocycles. The van der Waals surface area contributed by atoms with Crippen molar-refractivity contribution in [3.63, 3.8) is 0 Å². The van der Waals surface area contributed by atoms with Crippen LogP contribution in [0.3, 0.4) is 0 Å². The van der Waals surface area contributed by atoms with Crippen molar-refractivity contribution in [1.82, 2.24) is 0 Å². The van der Waals surface area contributed by atoms with Crippen LogP contribution in [0.5, 0.6) is 0 Å². The first-order chi connectivity index (χ1) is 13.7. The van der Waals surface area contributed by atoms with Crippen LogP contribution in [0, 0.1) is 46.3 Å². The summed E-state index contributed by atoms with van der Waals surface area (Å²) in [6.07, 6.45) is 14.5. The van der Waals surface area contributed by atoms with Gasteiger partial charge >= 0.3 is 0 Å². The quantitative estimate of drug-likeness (QED) is 0.467. The van der Waals surface area contributed by atoms with Gasteiger partial charge in [0.05, 0.1) is 6.10 Å². The summed E-state index contributed by atoms with van der Waals surface area (Å²) in [5.41, 5.74) is 4.80. The molecule has 0 bridgehead atoms. The summed E-state index contributed by atoms with van der Waals surface area (Å²) in [4.78, 5) is 0. The lowest BCUT2D eigenvalue weighted by molar-refractivity contribution is -0.0381. The second kappa shape index (κ2) is 7.99. The maximum Gasteiger partial charge on any atom is 0.0543 e. The number of aliphatic hydroxyl groups is 1. The van der Waals surface area contributed by atoms with Crippen molar-refractivity contribution in [3.05, 3.63) is 11.1 Å². The SMILES string of the molecule is CC(C)[C@H](C)CC[C@@H](C)[C@@H]1CCC2=C3CC[C@H]4C[C@H](O)CC[C@]4(C)[C@H]3CC[C@@]21C. The molecule has 0 aromatic heterocycles. The number of rotatable bonds is 5. The van der Waals surface area contributed by atoms with Gasteiger partial charge in [-0.05, 0) is 104 Å². The zero-order valence-corrected chi connectivity index (χ0v) is 20.3. The van der Waals surface area contributed by atoms with E-state index in [0.29, 0.717) is 10.8 Å². The third kappa shape index (κ3) is 3.66. The minimum absolute atomic E-state index is 0.0268. The molecular weight excluding hydrogens is 352 g/mol. The average molecular weight is 401 g/mol. The largest absolute Gasteiger partial charge is 0.393 e. The van der Waals surface area contributed by atoms with E-state index in [9.17, 15) is 5.11 Å². The van der Waals surface area contributed by atoms with Gasteiger partial charge in [-0.3, -0.25) is 0 Å². The Labute approximate surface area is 181 Å². The minimum atomic E-state index is -0.0268. The summed E-state index contributed by atoms with van der Waals surface area (Å²) in [7, 11) is 0. The van der Waals surface area contributed by atoms with E-state index >= 15 is 0 Å². The highest BCUT2D eigenvalue weighted by molar-refractivity contribution is 5.34. The van der Waals surface area contributed by atoms with Gasteiger partial charge in [0.2, 0.25) is 0 Å². The molecule has 1 N–H and O–H groups in total. The number of hydrogen-bond acceptors (Lipinski definition) is 1. The van der Waals surface area contributed by atoms with Crippen LogP contribution in [-0.2, 0) is 0 Å². The first kappa shape index (κ1) is 21.9. The van der Waals surface area contributed by atoms with Gasteiger partial charge in [-0.25, -0.2) is 0 Å². The molecule has 0 heterocycles. The molecule has 166 valence electrons. The standard InChI is InChI=1S/C28H48O/c1-18(2)19(3)7-8-20(4)24-11-12-25-23-10-9-21-17-22(29)13-15-27(21,5)26(23)14-16-28(24,25)6/h18-22,24,26,29H,7-17H2,1-6H3/t19-,20-,21+,22-,24+,26+,27+,28-/m1/s1. The van der Waals surface area contributed by atoms with E-state index in [-0.39, 0.29) is 6.10 Å². The molecule has 0 aliphatic heterocycles. The molecule has 29 heavy (non-hydrogen) atoms. The number of aliphatic hydroxyl groups excluding tert-OH is 1. The molecule has 3 fully saturated rings. The van der Waals surface area contributed by atoms with Gasteiger partial charge in [-0.1, -0.05) is 65.5 Å². The third-order valence-electron chi connectivity index (χ3n) is 10.9. The maximum absolute atomic E-state index is 10.3. The fourth-order valence-electron chi connectivity index (χ4n) is 8.48. The molecule has 1 heteroatoms. The third-order valence-corrected chi connectivity index (χ3v) is 10.9. The van der Waals surface area contributed by atoms with Gasteiger partial charge in [0, 0.05) is 0 Å². The lowest BCUT2D eigenvalue weighted by atomic mass is 9.49. The predicted molar refractivity (Wildman–Crippen MR) is 124 cm³/mol. The molecule has 8 atom stereocenters. The van der Waals surface area contributed by atoms with E-state index in [1.807, 2.05) is 11.1 Å². The number of fused-ring (bicyclic) bond motifs is 4. The van der Waals surface area contributed by atoms with Crippen molar-refractivity contribution in [2.45, 2.75) is 118 Å². The molecule has 1 nitrogen and oxygen atoms in total. The van der Waals surface area contributed by atoms with E-state index in [1.165, 1.54) is 57.8 Å². The second-order valence-electron chi connectivity index (χ2n) is 12.6. The highest BCUT2D eigenvalue weighted by Crippen LogP contribution is 2.65. The van der Waals surface area contributed by atoms with Crippen LogP contribution >= 0.6 is 0 Å². The Kier molecular flexibility index (Phi) is 6.04. The zero-order valence-electron chi connectivity index (χ0n) is 20.3. The maximum atomic E-state index is 10.3. The highest BCUT2D eigenvalue weighted by Gasteiger charge is 2.55. The first-order valence-electron chi connectivity index (χ1n) is 13.1. The van der Waals surface area contributed by atoms with Gasteiger partial charge < -0.3 is 5.11 Å². The highest BCUT2D eigenvalue weighted by atomic mass is 16.3. The van der Waals surface area contributed by atoms with Crippen molar-refractivity contribution in [2.24, 2.45) is 46.3 Å². The fraction of sp³-hybridized carbons (Fsp3) is 0.929. The van der Waals surface area contributed by atoms with Crippen molar-refractivity contribution in [2.75, 3.05) is 0 Å². The van der Waals surface area contributed by atoms with Crippen LogP contribution in [0.2, 0.25) is 0 Å². The molecule has 0 aromatic carbocycles. The van der Waals surface area contributed by atoms with Crippen molar-refractivity contribution < 1.29 is 5.11 Å². The van der Waals surface area contributed by atoms with E-state index in [2.05, 4.69) is 41.5 Å². The van der Waals surface area contributed by atoms with Crippen LogP contribution in [-0.4, -0.2) is 11.2 Å². The molecule has 0 aromatic rings. The number of hydrogen-bond donors (Lipinski definition) is 1. The van der Waals surface area contributed by atoms with Gasteiger partial charge in [-0.15, -0.1) is 0 Å². The van der Waals surface area contributed by atoms with Crippen LogP contribution < -0.4 is 0 Å². The zero-order chi connectivity index (χ0) is 21.0. The molecule has 0 unspecified atom stereocenters. The van der Waals surface area contributed by atoms with E-state index in [1.54, 1.807) is 0 Å². The van der Waals surface area contributed by atoms with Crippen molar-refractivity contribution in [3.8, 4) is 0 Å². The summed E-state index contributed by atoms with van der Waals surface area (Å²) < 4.78 is 0. The molecule has 0 spiro atoms. The molecule has 0 saturated heterocycles. The van der Waals surface area contributed by atoms with Crippen molar-refractivity contribution >= 4 is 0 Å². The van der Waals surface area contributed by atoms with E-state index in [0.717, 1.165) is 48.3 Å². The van der Waals surface area contributed by atoms with Gasteiger partial charge in [0.25, 0.3) is 0 Å². The lowest BCUT2D eigenvalue weighted by Gasteiger charge is -2.56. The van der Waals surface area contributed by atoms with Crippen LogP contribution in [0.25, 0.3) is 0 Å². The molecule has 3 saturated carbocycles.